The second-order valence-corrected chi connectivity index (χ2v) is 4.18. The average molecular weight is 250 g/mol. The Bertz CT molecular complexity index is 380. The minimum absolute atomic E-state index is 0.0126. The van der Waals surface area contributed by atoms with Crippen LogP contribution in [0.3, 0.4) is 0 Å². The van der Waals surface area contributed by atoms with Crippen molar-refractivity contribution in [2.75, 3.05) is 13.2 Å². The smallest absolute Gasteiger partial charge is 0.222 e. The monoisotopic (exact) mass is 250 g/mol. The van der Waals surface area contributed by atoms with Gasteiger partial charge in [-0.3, -0.25) is 9.78 Å². The van der Waals surface area contributed by atoms with Gasteiger partial charge in [0.1, 0.15) is 0 Å². The molecular weight excluding hydrogens is 228 g/mol. The zero-order chi connectivity index (χ0) is 13.4. The largest absolute Gasteiger partial charge is 0.381 e. The van der Waals surface area contributed by atoms with Crippen LogP contribution < -0.4 is 5.32 Å². The number of pyridine rings is 1. The van der Waals surface area contributed by atoms with Gasteiger partial charge in [-0.05, 0) is 32.4 Å². The summed E-state index contributed by atoms with van der Waals surface area (Å²) in [6.45, 7) is 7.03. The van der Waals surface area contributed by atoms with Crippen molar-refractivity contribution in [3.05, 3.63) is 29.6 Å². The molecule has 0 bridgehead atoms. The summed E-state index contributed by atoms with van der Waals surface area (Å²) >= 11 is 0. The second-order valence-electron chi connectivity index (χ2n) is 4.18. The highest BCUT2D eigenvalue weighted by atomic mass is 16.5. The van der Waals surface area contributed by atoms with E-state index in [1.807, 2.05) is 39.0 Å². The molecule has 0 fully saturated rings. The lowest BCUT2D eigenvalue weighted by Gasteiger charge is -2.17. The van der Waals surface area contributed by atoms with E-state index in [1.165, 1.54) is 0 Å². The summed E-state index contributed by atoms with van der Waals surface area (Å²) in [6, 6.07) is 5.85. The molecule has 1 aromatic heterocycles. The summed E-state index contributed by atoms with van der Waals surface area (Å²) in [4.78, 5) is 16.2. The highest BCUT2D eigenvalue weighted by Gasteiger charge is 2.13. The molecule has 18 heavy (non-hydrogen) atoms. The van der Waals surface area contributed by atoms with E-state index < -0.39 is 0 Å². The molecule has 100 valence electrons. The molecule has 0 aromatic carbocycles. The number of ether oxygens (including phenoxy) is 1. The van der Waals surface area contributed by atoms with Crippen LogP contribution in [0.4, 0.5) is 0 Å². The van der Waals surface area contributed by atoms with Gasteiger partial charge in [0.05, 0.1) is 18.3 Å². The Kier molecular flexibility index (Phi) is 6.36. The van der Waals surface area contributed by atoms with Gasteiger partial charge in [0.25, 0.3) is 0 Å². The maximum absolute atomic E-state index is 11.7. The first kappa shape index (κ1) is 14.6. The molecule has 1 atom stereocenters. The summed E-state index contributed by atoms with van der Waals surface area (Å²) < 4.78 is 5.17. The third-order valence-electron chi connectivity index (χ3n) is 2.69. The van der Waals surface area contributed by atoms with Gasteiger partial charge in [-0.15, -0.1) is 0 Å². The van der Waals surface area contributed by atoms with E-state index in [9.17, 15) is 4.79 Å². The van der Waals surface area contributed by atoms with Gasteiger partial charge in [-0.2, -0.15) is 0 Å². The number of carbonyl (C=O) groups is 1. The molecule has 0 aliphatic heterocycles. The number of nitrogens with one attached hydrogen (secondary N) is 1. The van der Waals surface area contributed by atoms with Crippen LogP contribution >= 0.6 is 0 Å². The van der Waals surface area contributed by atoms with Gasteiger partial charge >= 0.3 is 0 Å². The van der Waals surface area contributed by atoms with Crippen molar-refractivity contribution < 1.29 is 9.53 Å². The maximum atomic E-state index is 11.7. The molecule has 1 aromatic rings. The van der Waals surface area contributed by atoms with Crippen molar-refractivity contribution in [1.29, 1.82) is 0 Å². The summed E-state index contributed by atoms with van der Waals surface area (Å²) in [5, 5.41) is 2.99. The molecule has 0 unspecified atom stereocenters. The van der Waals surface area contributed by atoms with E-state index in [4.69, 9.17) is 4.74 Å². The molecule has 1 amide bonds. The van der Waals surface area contributed by atoms with Gasteiger partial charge in [0.15, 0.2) is 0 Å². The van der Waals surface area contributed by atoms with Crippen molar-refractivity contribution in [2.24, 2.45) is 0 Å². The Hall–Kier alpha value is -1.42. The van der Waals surface area contributed by atoms with Gasteiger partial charge in [0, 0.05) is 18.7 Å². The van der Waals surface area contributed by atoms with Crippen LogP contribution in [-0.4, -0.2) is 24.1 Å². The fraction of sp³-hybridized carbons (Fsp3) is 0.571. The lowest BCUT2D eigenvalue weighted by atomic mass is 10.1. The molecule has 4 heteroatoms. The second kappa shape index (κ2) is 7.82. The van der Waals surface area contributed by atoms with Crippen LogP contribution in [0.1, 0.15) is 44.1 Å². The molecular formula is C14H22N2O2. The number of aryl methyl sites for hydroxylation is 1. The number of nitrogens with zero attached hydrogens (tertiary/aromatic N) is 1. The van der Waals surface area contributed by atoms with Crippen LogP contribution in [0.5, 0.6) is 0 Å². The quantitative estimate of drug-likeness (QED) is 0.756. The molecule has 1 N–H and O–H groups in total. The van der Waals surface area contributed by atoms with Crippen molar-refractivity contribution in [3.63, 3.8) is 0 Å². The summed E-state index contributed by atoms with van der Waals surface area (Å²) in [5.74, 6) is 0.0126. The van der Waals surface area contributed by atoms with Crippen molar-refractivity contribution >= 4 is 5.91 Å². The number of carbonyl (C=O) groups excluding carboxylic acids is 1. The molecule has 1 heterocycles. The Balaban J connectivity index is 2.54. The first-order chi connectivity index (χ1) is 8.67. The molecule has 0 aliphatic rings. The number of hydrogen-bond donors (Lipinski definition) is 1. The molecule has 0 aliphatic carbocycles. The van der Waals surface area contributed by atoms with Crippen LogP contribution in [0.15, 0.2) is 18.2 Å². The van der Waals surface area contributed by atoms with Crippen LogP contribution in [-0.2, 0) is 9.53 Å². The van der Waals surface area contributed by atoms with E-state index in [0.29, 0.717) is 19.6 Å². The fourth-order valence-corrected chi connectivity index (χ4v) is 1.72. The highest BCUT2D eigenvalue weighted by molar-refractivity contribution is 5.76. The Morgan fingerprint density at radius 1 is 1.44 bits per heavy atom. The highest BCUT2D eigenvalue weighted by Crippen LogP contribution is 2.14. The van der Waals surface area contributed by atoms with E-state index in [0.717, 1.165) is 17.8 Å². The van der Waals surface area contributed by atoms with Gasteiger partial charge in [-0.25, -0.2) is 0 Å². The van der Waals surface area contributed by atoms with E-state index in [2.05, 4.69) is 10.3 Å². The normalized spacial score (nSPS) is 12.2. The first-order valence-corrected chi connectivity index (χ1v) is 6.48. The molecule has 0 saturated heterocycles. The third-order valence-corrected chi connectivity index (χ3v) is 2.69. The van der Waals surface area contributed by atoms with Gasteiger partial charge < -0.3 is 10.1 Å². The van der Waals surface area contributed by atoms with Gasteiger partial charge in [-0.1, -0.05) is 13.0 Å². The van der Waals surface area contributed by atoms with Crippen molar-refractivity contribution in [2.45, 2.75) is 39.7 Å². The first-order valence-electron chi connectivity index (χ1n) is 6.48. The zero-order valence-electron chi connectivity index (χ0n) is 11.4. The Morgan fingerprint density at radius 3 is 2.83 bits per heavy atom. The summed E-state index contributed by atoms with van der Waals surface area (Å²) in [5.41, 5.74) is 1.89. The number of hydrogen-bond acceptors (Lipinski definition) is 3. The molecule has 1 rings (SSSR count). The third kappa shape index (κ3) is 4.84. The standard InChI is InChI=1S/C14H22N2O2/c1-4-12(13-8-6-7-11(3)15-13)16-14(17)9-10-18-5-2/h6-8,12H,4-5,9-10H2,1-3H3,(H,16,17)/t12-/m0/s1. The number of amides is 1. The van der Waals surface area contributed by atoms with Gasteiger partial charge in [0.2, 0.25) is 5.91 Å². The molecule has 0 spiro atoms. The number of aromatic nitrogens is 1. The molecule has 0 radical (unpaired) electrons. The van der Waals surface area contributed by atoms with E-state index >= 15 is 0 Å². The van der Waals surface area contributed by atoms with Crippen LogP contribution in [0, 0.1) is 6.92 Å². The lowest BCUT2D eigenvalue weighted by Crippen LogP contribution is -2.29. The van der Waals surface area contributed by atoms with Crippen molar-refractivity contribution in [1.82, 2.24) is 10.3 Å². The number of rotatable bonds is 7. The van der Waals surface area contributed by atoms with Crippen LogP contribution in [0.25, 0.3) is 0 Å². The maximum Gasteiger partial charge on any atom is 0.222 e. The minimum atomic E-state index is -0.0148. The average Bonchev–Trinajstić information content (AvgIpc) is 2.36. The van der Waals surface area contributed by atoms with E-state index in [-0.39, 0.29) is 11.9 Å². The SMILES string of the molecule is CCOCCC(=O)N[C@@H](CC)c1cccc(C)n1. The summed E-state index contributed by atoms with van der Waals surface area (Å²) in [6.07, 6.45) is 1.23. The van der Waals surface area contributed by atoms with Crippen molar-refractivity contribution in [3.8, 4) is 0 Å². The minimum Gasteiger partial charge on any atom is -0.381 e. The van der Waals surface area contributed by atoms with Crippen LogP contribution in [0.2, 0.25) is 0 Å². The molecule has 0 saturated carbocycles. The topological polar surface area (TPSA) is 51.2 Å². The lowest BCUT2D eigenvalue weighted by molar-refractivity contribution is -0.122. The zero-order valence-corrected chi connectivity index (χ0v) is 11.4. The Morgan fingerprint density at radius 2 is 2.22 bits per heavy atom. The fourth-order valence-electron chi connectivity index (χ4n) is 1.72. The predicted molar refractivity (Wildman–Crippen MR) is 71.3 cm³/mol. The van der Waals surface area contributed by atoms with E-state index in [1.54, 1.807) is 0 Å². The Labute approximate surface area is 109 Å². The predicted octanol–water partition coefficient (Wildman–Crippen LogP) is 2.38. The molecule has 4 nitrogen and oxygen atoms in total. The summed E-state index contributed by atoms with van der Waals surface area (Å²) in [7, 11) is 0.